The molecule has 0 saturated carbocycles. The van der Waals surface area contributed by atoms with E-state index < -0.39 is 5.97 Å². The second kappa shape index (κ2) is 6.36. The Morgan fingerprint density at radius 2 is 2.12 bits per heavy atom. The van der Waals surface area contributed by atoms with Gasteiger partial charge in [0.05, 0.1) is 5.56 Å². The zero-order valence-corrected chi connectivity index (χ0v) is 10.8. The summed E-state index contributed by atoms with van der Waals surface area (Å²) >= 11 is 3.18. The summed E-state index contributed by atoms with van der Waals surface area (Å²) in [7, 11) is 0. The first-order valence-corrected chi connectivity index (χ1v) is 5.73. The summed E-state index contributed by atoms with van der Waals surface area (Å²) in [4.78, 5) is 22.2. The van der Waals surface area contributed by atoms with Crippen molar-refractivity contribution in [1.82, 2.24) is 0 Å². The van der Waals surface area contributed by atoms with Crippen LogP contribution in [0.2, 0.25) is 0 Å². The highest BCUT2D eigenvalue weighted by atomic mass is 79.9. The minimum Gasteiger partial charge on any atom is -0.478 e. The fourth-order valence-electron chi connectivity index (χ4n) is 1.18. The SMILES string of the molecule is CCOCC(=O)Nc1cc(Br)cc(C(=O)O)c1. The molecule has 2 N–H and O–H groups in total. The highest BCUT2D eigenvalue weighted by Crippen LogP contribution is 2.19. The zero-order valence-electron chi connectivity index (χ0n) is 9.20. The standard InChI is InChI=1S/C11H12BrNO4/c1-2-17-6-10(14)13-9-4-7(11(15)16)3-8(12)5-9/h3-5H,2,6H2,1H3,(H,13,14)(H,15,16). The number of carbonyl (C=O) groups excluding carboxylic acids is 1. The van der Waals surface area contributed by atoms with Crippen molar-refractivity contribution in [2.24, 2.45) is 0 Å². The first-order chi connectivity index (χ1) is 8.02. The third-order valence-electron chi connectivity index (χ3n) is 1.87. The molecule has 0 aromatic heterocycles. The third kappa shape index (κ3) is 4.54. The van der Waals surface area contributed by atoms with Gasteiger partial charge in [0, 0.05) is 16.8 Å². The number of aromatic carboxylic acids is 1. The molecule has 0 fully saturated rings. The summed E-state index contributed by atoms with van der Waals surface area (Å²) < 4.78 is 5.52. The monoisotopic (exact) mass is 301 g/mol. The summed E-state index contributed by atoms with van der Waals surface area (Å²) in [6.45, 7) is 2.19. The van der Waals surface area contributed by atoms with Gasteiger partial charge in [-0.3, -0.25) is 4.79 Å². The van der Waals surface area contributed by atoms with Crippen LogP contribution < -0.4 is 5.32 Å². The molecule has 1 aromatic carbocycles. The second-order valence-corrected chi connectivity index (χ2v) is 4.13. The van der Waals surface area contributed by atoms with Crippen LogP contribution >= 0.6 is 15.9 Å². The number of hydrogen-bond acceptors (Lipinski definition) is 3. The van der Waals surface area contributed by atoms with E-state index in [0.29, 0.717) is 16.8 Å². The van der Waals surface area contributed by atoms with Crippen molar-refractivity contribution in [2.75, 3.05) is 18.5 Å². The Hall–Kier alpha value is -1.40. The van der Waals surface area contributed by atoms with Crippen LogP contribution in [0.4, 0.5) is 5.69 Å². The van der Waals surface area contributed by atoms with Gasteiger partial charge in [-0.2, -0.15) is 0 Å². The lowest BCUT2D eigenvalue weighted by Gasteiger charge is -2.07. The molecule has 1 amide bonds. The maximum atomic E-state index is 11.4. The van der Waals surface area contributed by atoms with E-state index in [4.69, 9.17) is 9.84 Å². The van der Waals surface area contributed by atoms with E-state index in [-0.39, 0.29) is 18.1 Å². The van der Waals surface area contributed by atoms with Crippen LogP contribution in [0.25, 0.3) is 0 Å². The lowest BCUT2D eigenvalue weighted by atomic mass is 10.2. The Kier molecular flexibility index (Phi) is 5.11. The van der Waals surface area contributed by atoms with Crippen molar-refractivity contribution in [3.63, 3.8) is 0 Å². The van der Waals surface area contributed by atoms with E-state index in [9.17, 15) is 9.59 Å². The van der Waals surface area contributed by atoms with Crippen molar-refractivity contribution in [3.8, 4) is 0 Å². The Bertz CT molecular complexity index is 433. The van der Waals surface area contributed by atoms with Gasteiger partial charge in [-0.05, 0) is 25.1 Å². The molecule has 5 nitrogen and oxygen atoms in total. The maximum absolute atomic E-state index is 11.4. The third-order valence-corrected chi connectivity index (χ3v) is 2.32. The minimum absolute atomic E-state index is 0.0502. The number of carboxylic acids is 1. The molecule has 0 saturated heterocycles. The van der Waals surface area contributed by atoms with Gasteiger partial charge in [0.25, 0.3) is 0 Å². The van der Waals surface area contributed by atoms with Crippen molar-refractivity contribution in [1.29, 1.82) is 0 Å². The highest BCUT2D eigenvalue weighted by Gasteiger charge is 2.08. The van der Waals surface area contributed by atoms with Gasteiger partial charge in [0.15, 0.2) is 0 Å². The maximum Gasteiger partial charge on any atom is 0.335 e. The Labute approximate surface area is 107 Å². The minimum atomic E-state index is -1.05. The summed E-state index contributed by atoms with van der Waals surface area (Å²) in [6.07, 6.45) is 0. The number of nitrogens with one attached hydrogen (secondary N) is 1. The number of rotatable bonds is 5. The molecule has 6 heteroatoms. The highest BCUT2D eigenvalue weighted by molar-refractivity contribution is 9.10. The smallest absolute Gasteiger partial charge is 0.335 e. The van der Waals surface area contributed by atoms with E-state index >= 15 is 0 Å². The largest absolute Gasteiger partial charge is 0.478 e. The molecular formula is C11H12BrNO4. The summed E-state index contributed by atoms with van der Waals surface area (Å²) in [6, 6.07) is 4.47. The molecule has 0 heterocycles. The van der Waals surface area contributed by atoms with Gasteiger partial charge in [-0.15, -0.1) is 0 Å². The van der Waals surface area contributed by atoms with Crippen LogP contribution in [0.3, 0.4) is 0 Å². The normalized spacial score (nSPS) is 10.0. The molecule has 0 aliphatic rings. The van der Waals surface area contributed by atoms with Crippen LogP contribution in [0.15, 0.2) is 22.7 Å². The van der Waals surface area contributed by atoms with Crippen LogP contribution in [-0.2, 0) is 9.53 Å². The molecule has 0 atom stereocenters. The van der Waals surface area contributed by atoms with Crippen LogP contribution in [0.1, 0.15) is 17.3 Å². The lowest BCUT2D eigenvalue weighted by Crippen LogP contribution is -2.18. The molecule has 0 unspecified atom stereocenters. The van der Waals surface area contributed by atoms with Gasteiger partial charge >= 0.3 is 5.97 Å². The number of halogens is 1. The van der Waals surface area contributed by atoms with Gasteiger partial charge in [-0.1, -0.05) is 15.9 Å². The molecular weight excluding hydrogens is 290 g/mol. The van der Waals surface area contributed by atoms with Gasteiger partial charge < -0.3 is 15.2 Å². The molecule has 92 valence electrons. The van der Waals surface area contributed by atoms with Gasteiger partial charge in [-0.25, -0.2) is 4.79 Å². The van der Waals surface area contributed by atoms with Gasteiger partial charge in [0.1, 0.15) is 6.61 Å². The molecule has 0 spiro atoms. The topological polar surface area (TPSA) is 75.6 Å². The predicted molar refractivity (Wildman–Crippen MR) is 66.2 cm³/mol. The number of hydrogen-bond donors (Lipinski definition) is 2. The number of ether oxygens (including phenoxy) is 1. The quantitative estimate of drug-likeness (QED) is 0.873. The number of benzene rings is 1. The van der Waals surface area contributed by atoms with Gasteiger partial charge in [0.2, 0.25) is 5.91 Å². The average Bonchev–Trinajstić information content (AvgIpc) is 2.25. The fraction of sp³-hybridized carbons (Fsp3) is 0.273. The Morgan fingerprint density at radius 1 is 1.41 bits per heavy atom. The van der Waals surface area contributed by atoms with E-state index in [2.05, 4.69) is 21.2 Å². The number of carboxylic acid groups (broad SMARTS) is 1. The molecule has 0 aliphatic carbocycles. The molecule has 17 heavy (non-hydrogen) atoms. The number of anilines is 1. The van der Waals surface area contributed by atoms with E-state index in [0.717, 1.165) is 0 Å². The summed E-state index contributed by atoms with van der Waals surface area (Å²) in [5, 5.41) is 11.4. The molecule has 0 bridgehead atoms. The van der Waals surface area contributed by atoms with E-state index in [1.54, 1.807) is 13.0 Å². The molecule has 1 aromatic rings. The van der Waals surface area contributed by atoms with Crippen molar-refractivity contribution in [3.05, 3.63) is 28.2 Å². The van der Waals surface area contributed by atoms with Crippen molar-refractivity contribution in [2.45, 2.75) is 6.92 Å². The molecule has 0 radical (unpaired) electrons. The van der Waals surface area contributed by atoms with Crippen LogP contribution in [0, 0.1) is 0 Å². The zero-order chi connectivity index (χ0) is 12.8. The average molecular weight is 302 g/mol. The number of carbonyl (C=O) groups is 2. The first kappa shape index (κ1) is 13.7. The Balaban J connectivity index is 2.77. The lowest BCUT2D eigenvalue weighted by molar-refractivity contribution is -0.120. The first-order valence-electron chi connectivity index (χ1n) is 4.94. The molecule has 0 aliphatic heterocycles. The van der Waals surface area contributed by atoms with E-state index in [1.165, 1.54) is 12.1 Å². The van der Waals surface area contributed by atoms with Crippen LogP contribution in [0.5, 0.6) is 0 Å². The molecule has 1 rings (SSSR count). The van der Waals surface area contributed by atoms with E-state index in [1.807, 2.05) is 0 Å². The number of amides is 1. The summed E-state index contributed by atoms with van der Waals surface area (Å²) in [5.74, 6) is -1.37. The summed E-state index contributed by atoms with van der Waals surface area (Å²) in [5.41, 5.74) is 0.521. The van der Waals surface area contributed by atoms with Crippen molar-refractivity contribution < 1.29 is 19.4 Å². The fourth-order valence-corrected chi connectivity index (χ4v) is 1.67. The predicted octanol–water partition coefficient (Wildman–Crippen LogP) is 2.12. The van der Waals surface area contributed by atoms with Crippen molar-refractivity contribution >= 4 is 33.5 Å². The second-order valence-electron chi connectivity index (χ2n) is 3.22. The Morgan fingerprint density at radius 3 is 2.71 bits per heavy atom. The van der Waals surface area contributed by atoms with Crippen LogP contribution in [-0.4, -0.2) is 30.2 Å².